The van der Waals surface area contributed by atoms with E-state index >= 15 is 0 Å². The van der Waals surface area contributed by atoms with E-state index in [1.54, 1.807) is 55.1 Å². The highest BCUT2D eigenvalue weighted by molar-refractivity contribution is 8.03. The van der Waals surface area contributed by atoms with Crippen LogP contribution in [0.5, 0.6) is 0 Å². The molecule has 4 rings (SSSR count). The van der Waals surface area contributed by atoms with Crippen LogP contribution in [0.2, 0.25) is 0 Å². The fourth-order valence-electron chi connectivity index (χ4n) is 3.88. The first-order valence-corrected chi connectivity index (χ1v) is 13.4. The van der Waals surface area contributed by atoms with E-state index in [1.807, 2.05) is 61.5 Å². The van der Waals surface area contributed by atoms with E-state index in [2.05, 4.69) is 16.0 Å². The van der Waals surface area contributed by atoms with Gasteiger partial charge < -0.3 is 16.0 Å². The maximum Gasteiger partial charge on any atom is 0.295 e. The number of para-hydroxylation sites is 2. The Morgan fingerprint density at radius 3 is 2.08 bits per heavy atom. The van der Waals surface area contributed by atoms with Crippen molar-refractivity contribution in [1.29, 1.82) is 5.26 Å². The third-order valence-corrected chi connectivity index (χ3v) is 7.07. The molecule has 0 saturated heterocycles. The van der Waals surface area contributed by atoms with Crippen molar-refractivity contribution in [1.82, 2.24) is 9.36 Å². The predicted molar refractivity (Wildman–Crippen MR) is 159 cm³/mol. The second-order valence-electron chi connectivity index (χ2n) is 8.90. The molecule has 0 saturated carbocycles. The Kier molecular flexibility index (Phi) is 8.89. The monoisotopic (exact) mass is 552 g/mol. The number of thioether (sulfide) groups is 1. The topological polar surface area (TPSA) is 121 Å². The number of amides is 2. The van der Waals surface area contributed by atoms with Gasteiger partial charge in [-0.3, -0.25) is 19.1 Å². The van der Waals surface area contributed by atoms with Crippen LogP contribution in [0.15, 0.2) is 100 Å². The van der Waals surface area contributed by atoms with Crippen LogP contribution in [0, 0.1) is 25.2 Å². The zero-order chi connectivity index (χ0) is 28.6. The molecule has 9 nitrogen and oxygen atoms in total. The van der Waals surface area contributed by atoms with E-state index in [-0.39, 0.29) is 27.6 Å². The first-order valence-electron chi connectivity index (χ1n) is 12.4. The van der Waals surface area contributed by atoms with E-state index in [1.165, 1.54) is 4.68 Å². The third-order valence-electron chi connectivity index (χ3n) is 6.07. The lowest BCUT2D eigenvalue weighted by Gasteiger charge is -2.14. The summed E-state index contributed by atoms with van der Waals surface area (Å²) < 4.78 is 3.15. The molecule has 1 aromatic heterocycles. The number of rotatable bonds is 9. The number of anilines is 3. The summed E-state index contributed by atoms with van der Waals surface area (Å²) in [6, 6.07) is 27.3. The van der Waals surface area contributed by atoms with Gasteiger partial charge in [0.2, 0.25) is 5.91 Å². The molecular formula is C30H28N6O3S. The standard InChI is InChI=1S/C30H28N6O3S/c1-20-14-16-23(17-15-20)33-29(25(18-31)28(38)32-22-10-6-4-7-11-22)40-19-26(37)34-27-21(2)35(3)36(30(27)39)24-12-8-5-9-13-24/h4-17,33H,19H2,1-3H3,(H,32,38)(H,34,37)/b29-25+. The van der Waals surface area contributed by atoms with Crippen LogP contribution in [-0.4, -0.2) is 26.9 Å². The van der Waals surface area contributed by atoms with Crippen LogP contribution in [0.3, 0.4) is 0 Å². The fourth-order valence-corrected chi connectivity index (χ4v) is 4.70. The molecule has 10 heteroatoms. The smallest absolute Gasteiger partial charge is 0.295 e. The summed E-state index contributed by atoms with van der Waals surface area (Å²) in [5.74, 6) is -1.22. The van der Waals surface area contributed by atoms with Gasteiger partial charge in [-0.2, -0.15) is 5.26 Å². The number of benzene rings is 3. The Morgan fingerprint density at radius 2 is 1.45 bits per heavy atom. The molecule has 0 aliphatic carbocycles. The van der Waals surface area contributed by atoms with Gasteiger partial charge in [0.15, 0.2) is 0 Å². The molecule has 0 aliphatic heterocycles. The van der Waals surface area contributed by atoms with Crippen molar-refractivity contribution in [3.05, 3.63) is 117 Å². The average Bonchev–Trinajstić information content (AvgIpc) is 3.16. The summed E-state index contributed by atoms with van der Waals surface area (Å²) in [4.78, 5) is 39.2. The Morgan fingerprint density at radius 1 is 0.850 bits per heavy atom. The molecule has 3 N–H and O–H groups in total. The van der Waals surface area contributed by atoms with Crippen molar-refractivity contribution < 1.29 is 9.59 Å². The number of nitrogens with one attached hydrogen (secondary N) is 3. The normalized spacial score (nSPS) is 11.2. The minimum Gasteiger partial charge on any atom is -0.349 e. The van der Waals surface area contributed by atoms with Crippen LogP contribution in [-0.2, 0) is 16.6 Å². The molecule has 3 aromatic carbocycles. The second-order valence-corrected chi connectivity index (χ2v) is 9.89. The van der Waals surface area contributed by atoms with Gasteiger partial charge in [0, 0.05) is 18.4 Å². The molecular weight excluding hydrogens is 524 g/mol. The fraction of sp³-hybridized carbons (Fsp3) is 0.133. The zero-order valence-electron chi connectivity index (χ0n) is 22.3. The molecule has 0 atom stereocenters. The van der Waals surface area contributed by atoms with Gasteiger partial charge >= 0.3 is 0 Å². The summed E-state index contributed by atoms with van der Waals surface area (Å²) in [5.41, 5.74) is 3.11. The van der Waals surface area contributed by atoms with Crippen LogP contribution in [0.25, 0.3) is 5.69 Å². The number of carbonyl (C=O) groups is 2. The van der Waals surface area contributed by atoms with Gasteiger partial charge in [0.05, 0.1) is 22.2 Å². The highest BCUT2D eigenvalue weighted by atomic mass is 32.2. The van der Waals surface area contributed by atoms with Gasteiger partial charge in [-0.05, 0) is 50.2 Å². The summed E-state index contributed by atoms with van der Waals surface area (Å²) in [6.07, 6.45) is 0. The lowest BCUT2D eigenvalue weighted by molar-refractivity contribution is -0.114. The minimum absolute atomic E-state index is 0.156. The van der Waals surface area contributed by atoms with Crippen molar-refractivity contribution in [2.75, 3.05) is 21.7 Å². The van der Waals surface area contributed by atoms with Crippen molar-refractivity contribution >= 4 is 40.6 Å². The Bertz CT molecular complexity index is 1650. The van der Waals surface area contributed by atoms with Crippen molar-refractivity contribution in [3.8, 4) is 11.8 Å². The van der Waals surface area contributed by atoms with E-state index in [0.717, 1.165) is 17.3 Å². The number of aromatic nitrogens is 2. The highest BCUT2D eigenvalue weighted by Gasteiger charge is 2.21. The third kappa shape index (κ3) is 6.51. The van der Waals surface area contributed by atoms with Gasteiger partial charge in [-0.25, -0.2) is 4.68 Å². The lowest BCUT2D eigenvalue weighted by atomic mass is 10.2. The first kappa shape index (κ1) is 28.0. The minimum atomic E-state index is -0.610. The average molecular weight is 553 g/mol. The predicted octanol–water partition coefficient (Wildman–Crippen LogP) is 4.95. The second kappa shape index (κ2) is 12.7. The van der Waals surface area contributed by atoms with E-state index in [0.29, 0.717) is 22.8 Å². The van der Waals surface area contributed by atoms with Crippen LogP contribution in [0.1, 0.15) is 11.3 Å². The number of hydrogen-bond acceptors (Lipinski definition) is 6. The summed E-state index contributed by atoms with van der Waals surface area (Å²) in [7, 11) is 1.74. The summed E-state index contributed by atoms with van der Waals surface area (Å²) in [6.45, 7) is 3.69. The molecule has 2 amide bonds. The quantitative estimate of drug-likeness (QED) is 0.200. The van der Waals surface area contributed by atoms with Gasteiger partial charge in [-0.15, -0.1) is 0 Å². The van der Waals surface area contributed by atoms with Crippen LogP contribution in [0.4, 0.5) is 17.1 Å². The largest absolute Gasteiger partial charge is 0.349 e. The number of nitriles is 1. The number of carbonyl (C=O) groups excluding carboxylic acids is 2. The summed E-state index contributed by atoms with van der Waals surface area (Å²) >= 11 is 0.996. The molecule has 0 bridgehead atoms. The number of nitrogens with zero attached hydrogens (tertiary/aromatic N) is 3. The maximum absolute atomic E-state index is 13.2. The van der Waals surface area contributed by atoms with Crippen molar-refractivity contribution in [2.45, 2.75) is 13.8 Å². The molecule has 40 heavy (non-hydrogen) atoms. The van der Waals surface area contributed by atoms with Gasteiger partial charge in [-0.1, -0.05) is 65.9 Å². The highest BCUT2D eigenvalue weighted by Crippen LogP contribution is 2.25. The van der Waals surface area contributed by atoms with Crippen LogP contribution >= 0.6 is 11.8 Å². The van der Waals surface area contributed by atoms with Crippen molar-refractivity contribution in [2.24, 2.45) is 7.05 Å². The molecule has 202 valence electrons. The maximum atomic E-state index is 13.2. The van der Waals surface area contributed by atoms with Gasteiger partial charge in [0.25, 0.3) is 11.5 Å². The van der Waals surface area contributed by atoms with Crippen LogP contribution < -0.4 is 21.5 Å². The van der Waals surface area contributed by atoms with E-state index < -0.39 is 11.8 Å². The van der Waals surface area contributed by atoms with E-state index in [9.17, 15) is 19.6 Å². The first-order chi connectivity index (χ1) is 19.3. The summed E-state index contributed by atoms with van der Waals surface area (Å²) in [5, 5.41) is 18.7. The molecule has 1 heterocycles. The molecule has 0 unspecified atom stereocenters. The molecule has 0 radical (unpaired) electrons. The molecule has 4 aromatic rings. The molecule has 0 aliphatic rings. The Labute approximate surface area is 236 Å². The SMILES string of the molecule is Cc1ccc(N/C(SCC(=O)Nc2c(C)n(C)n(-c3ccccc3)c2=O)=C(/C#N)C(=O)Nc2ccccc2)cc1. The van der Waals surface area contributed by atoms with Gasteiger partial charge in [0.1, 0.15) is 17.3 Å². The number of hydrogen-bond donors (Lipinski definition) is 3. The van der Waals surface area contributed by atoms with E-state index in [4.69, 9.17) is 0 Å². The number of aryl methyl sites for hydroxylation is 1. The zero-order valence-corrected chi connectivity index (χ0v) is 23.1. The van der Waals surface area contributed by atoms with Crippen molar-refractivity contribution in [3.63, 3.8) is 0 Å². The Hall–Kier alpha value is -5.01. The molecule has 0 spiro atoms. The molecule has 0 fully saturated rings. The Balaban J connectivity index is 1.57. The lowest BCUT2D eigenvalue weighted by Crippen LogP contribution is -2.24.